The van der Waals surface area contributed by atoms with Gasteiger partial charge in [0.2, 0.25) is 5.91 Å². The Morgan fingerprint density at radius 1 is 1.55 bits per heavy atom. The molecule has 2 aromatic heterocycles. The van der Waals surface area contributed by atoms with E-state index in [1.807, 2.05) is 12.3 Å². The maximum atomic E-state index is 11.6. The van der Waals surface area contributed by atoms with Crippen LogP contribution in [0.5, 0.6) is 0 Å². The van der Waals surface area contributed by atoms with Crippen molar-refractivity contribution in [2.24, 2.45) is 0 Å². The van der Waals surface area contributed by atoms with Gasteiger partial charge < -0.3 is 10.4 Å². The number of carbonyl (C=O) groups excluding carboxylic acids is 1. The summed E-state index contributed by atoms with van der Waals surface area (Å²) >= 11 is 1.50. The number of aryl methyl sites for hydroxylation is 1. The third kappa shape index (κ3) is 4.02. The summed E-state index contributed by atoms with van der Waals surface area (Å²) in [5, 5.41) is 17.8. The Hall–Kier alpha value is -2.48. The predicted molar refractivity (Wildman–Crippen MR) is 74.4 cm³/mol. The van der Waals surface area contributed by atoms with Crippen molar-refractivity contribution in [1.82, 2.24) is 14.8 Å². The van der Waals surface area contributed by atoms with Crippen LogP contribution in [-0.4, -0.2) is 31.7 Å². The molecule has 0 atom stereocenters. The smallest absolute Gasteiger partial charge is 0.325 e. The minimum Gasteiger partial charge on any atom is -0.480 e. The first-order valence-electron chi connectivity index (χ1n) is 5.69. The Bertz CT molecular complexity index is 659. The quantitative estimate of drug-likeness (QED) is 0.811. The number of nitrogens with zero attached hydrogens (tertiary/aromatic N) is 3. The molecule has 0 aliphatic heterocycles. The number of aromatic nitrogens is 3. The minimum atomic E-state index is -0.996. The van der Waals surface area contributed by atoms with Crippen molar-refractivity contribution in [1.29, 1.82) is 0 Å². The number of carboxylic acid groups (broad SMARTS) is 1. The van der Waals surface area contributed by atoms with E-state index < -0.39 is 5.97 Å². The van der Waals surface area contributed by atoms with E-state index in [4.69, 9.17) is 5.11 Å². The SMILES string of the molecule is Cc1nc(C=CC(=O)Nc2ccn(CC(=O)O)n2)cs1. The summed E-state index contributed by atoms with van der Waals surface area (Å²) in [6.45, 7) is 1.64. The Kier molecular flexibility index (Phi) is 4.26. The zero-order valence-corrected chi connectivity index (χ0v) is 11.4. The maximum absolute atomic E-state index is 11.6. The van der Waals surface area contributed by atoms with E-state index in [0.29, 0.717) is 5.82 Å². The van der Waals surface area contributed by atoms with Crippen LogP contribution < -0.4 is 5.32 Å². The third-order valence-electron chi connectivity index (χ3n) is 2.23. The van der Waals surface area contributed by atoms with Gasteiger partial charge in [0.25, 0.3) is 0 Å². The number of carboxylic acids is 1. The molecule has 0 saturated heterocycles. The van der Waals surface area contributed by atoms with Gasteiger partial charge in [-0.15, -0.1) is 11.3 Å². The highest BCUT2D eigenvalue weighted by molar-refractivity contribution is 7.09. The Labute approximate surface area is 118 Å². The first-order valence-corrected chi connectivity index (χ1v) is 6.57. The number of hydrogen-bond donors (Lipinski definition) is 2. The van der Waals surface area contributed by atoms with Gasteiger partial charge in [0.1, 0.15) is 6.54 Å². The van der Waals surface area contributed by atoms with Crippen molar-refractivity contribution < 1.29 is 14.7 Å². The van der Waals surface area contributed by atoms with Crippen LogP contribution in [0, 0.1) is 6.92 Å². The molecule has 0 aliphatic carbocycles. The van der Waals surface area contributed by atoms with Gasteiger partial charge in [0, 0.05) is 23.7 Å². The molecular formula is C12H12N4O3S. The molecular weight excluding hydrogens is 280 g/mol. The molecule has 8 heteroatoms. The third-order valence-corrected chi connectivity index (χ3v) is 3.02. The van der Waals surface area contributed by atoms with Crippen molar-refractivity contribution in [2.45, 2.75) is 13.5 Å². The van der Waals surface area contributed by atoms with Gasteiger partial charge in [-0.25, -0.2) is 4.98 Å². The topological polar surface area (TPSA) is 97.1 Å². The number of nitrogens with one attached hydrogen (secondary N) is 1. The van der Waals surface area contributed by atoms with E-state index in [9.17, 15) is 9.59 Å². The first kappa shape index (κ1) is 13.9. The highest BCUT2D eigenvalue weighted by Gasteiger charge is 2.04. The second-order valence-corrected chi connectivity index (χ2v) is 4.97. The molecule has 0 bridgehead atoms. The van der Waals surface area contributed by atoms with Crippen LogP contribution in [0.2, 0.25) is 0 Å². The van der Waals surface area contributed by atoms with Gasteiger partial charge in [-0.05, 0) is 13.0 Å². The van der Waals surface area contributed by atoms with Gasteiger partial charge >= 0.3 is 5.97 Å². The van der Waals surface area contributed by atoms with Crippen LogP contribution in [0.25, 0.3) is 6.08 Å². The maximum Gasteiger partial charge on any atom is 0.325 e. The number of thiazole rings is 1. The lowest BCUT2D eigenvalue weighted by Gasteiger charge is -1.97. The standard InChI is InChI=1S/C12H12N4O3S/c1-8-13-9(7-20-8)2-3-11(17)14-10-4-5-16(15-10)6-12(18)19/h2-5,7H,6H2,1H3,(H,18,19)(H,14,15,17). The number of anilines is 1. The largest absolute Gasteiger partial charge is 0.480 e. The summed E-state index contributed by atoms with van der Waals surface area (Å²) in [6, 6.07) is 1.53. The number of hydrogen-bond acceptors (Lipinski definition) is 5. The van der Waals surface area contributed by atoms with Crippen LogP contribution >= 0.6 is 11.3 Å². The van der Waals surface area contributed by atoms with Gasteiger partial charge in [-0.1, -0.05) is 0 Å². The van der Waals surface area contributed by atoms with E-state index in [-0.39, 0.29) is 12.5 Å². The summed E-state index contributed by atoms with van der Waals surface area (Å²) in [5.41, 5.74) is 0.721. The molecule has 0 radical (unpaired) electrons. The molecule has 0 fully saturated rings. The van der Waals surface area contributed by atoms with E-state index in [2.05, 4.69) is 15.4 Å². The molecule has 2 rings (SSSR count). The highest BCUT2D eigenvalue weighted by atomic mass is 32.1. The number of rotatable bonds is 5. The van der Waals surface area contributed by atoms with Crippen LogP contribution in [0.4, 0.5) is 5.82 Å². The number of amides is 1. The minimum absolute atomic E-state index is 0.246. The van der Waals surface area contributed by atoms with E-state index in [1.165, 1.54) is 34.4 Å². The molecule has 0 unspecified atom stereocenters. The molecule has 0 saturated carbocycles. The molecule has 0 aliphatic rings. The van der Waals surface area contributed by atoms with Gasteiger partial charge in [-0.2, -0.15) is 5.10 Å². The normalized spacial score (nSPS) is 10.8. The summed E-state index contributed by atoms with van der Waals surface area (Å²) in [4.78, 5) is 26.3. The number of aliphatic carboxylic acids is 1. The predicted octanol–water partition coefficient (Wildman–Crippen LogP) is 1.38. The highest BCUT2D eigenvalue weighted by Crippen LogP contribution is 2.09. The fourth-order valence-corrected chi connectivity index (χ4v) is 2.02. The lowest BCUT2D eigenvalue weighted by atomic mass is 10.4. The summed E-state index contributed by atoms with van der Waals surface area (Å²) < 4.78 is 1.23. The lowest BCUT2D eigenvalue weighted by Crippen LogP contribution is -2.11. The fraction of sp³-hybridized carbons (Fsp3) is 0.167. The van der Waals surface area contributed by atoms with Gasteiger partial charge in [-0.3, -0.25) is 14.3 Å². The zero-order chi connectivity index (χ0) is 14.5. The second-order valence-electron chi connectivity index (χ2n) is 3.91. The van der Waals surface area contributed by atoms with Crippen LogP contribution in [0.3, 0.4) is 0 Å². The van der Waals surface area contributed by atoms with Crippen LogP contribution in [0.1, 0.15) is 10.7 Å². The van der Waals surface area contributed by atoms with Crippen molar-refractivity contribution in [3.05, 3.63) is 34.4 Å². The van der Waals surface area contributed by atoms with Crippen LogP contribution in [0.15, 0.2) is 23.7 Å². The Morgan fingerprint density at radius 3 is 3.00 bits per heavy atom. The molecule has 0 aromatic carbocycles. The second kappa shape index (κ2) is 6.11. The molecule has 0 spiro atoms. The van der Waals surface area contributed by atoms with E-state index in [0.717, 1.165) is 10.7 Å². The van der Waals surface area contributed by atoms with Crippen molar-refractivity contribution >= 4 is 35.1 Å². The lowest BCUT2D eigenvalue weighted by molar-refractivity contribution is -0.137. The van der Waals surface area contributed by atoms with Gasteiger partial charge in [0.15, 0.2) is 5.82 Å². The number of carbonyl (C=O) groups is 2. The summed E-state index contributed by atoms with van der Waals surface area (Å²) in [7, 11) is 0. The first-order chi connectivity index (χ1) is 9.52. The molecule has 2 aromatic rings. The van der Waals surface area contributed by atoms with E-state index in [1.54, 1.807) is 6.08 Å². The Morgan fingerprint density at radius 2 is 2.35 bits per heavy atom. The fourth-order valence-electron chi connectivity index (χ4n) is 1.44. The molecule has 20 heavy (non-hydrogen) atoms. The summed E-state index contributed by atoms with van der Waals surface area (Å²) in [6.07, 6.45) is 4.44. The van der Waals surface area contributed by atoms with Gasteiger partial charge in [0.05, 0.1) is 10.7 Å². The molecule has 2 heterocycles. The monoisotopic (exact) mass is 292 g/mol. The van der Waals surface area contributed by atoms with E-state index >= 15 is 0 Å². The molecule has 7 nitrogen and oxygen atoms in total. The van der Waals surface area contributed by atoms with Crippen LogP contribution in [-0.2, 0) is 16.1 Å². The molecule has 1 amide bonds. The zero-order valence-electron chi connectivity index (χ0n) is 10.6. The summed E-state index contributed by atoms with van der Waals surface area (Å²) in [5.74, 6) is -1.05. The van der Waals surface area contributed by atoms with Crippen molar-refractivity contribution in [2.75, 3.05) is 5.32 Å². The average molecular weight is 292 g/mol. The average Bonchev–Trinajstić information content (AvgIpc) is 2.95. The molecule has 2 N–H and O–H groups in total. The van der Waals surface area contributed by atoms with Crippen molar-refractivity contribution in [3.63, 3.8) is 0 Å². The van der Waals surface area contributed by atoms with Crippen molar-refractivity contribution in [3.8, 4) is 0 Å². The Balaban J connectivity index is 1.92. The molecule has 104 valence electrons.